The zero-order chi connectivity index (χ0) is 49.3. The molecule has 68 heavy (non-hydrogen) atoms. The number of hydrogen-bond acceptors (Lipinski definition) is 6. The molecule has 0 amide bonds. The minimum atomic E-state index is -0.853. The van der Waals surface area contributed by atoms with Crippen molar-refractivity contribution in [3.05, 3.63) is 134 Å². The van der Waals surface area contributed by atoms with E-state index in [0.717, 1.165) is 96.3 Å². The summed E-state index contributed by atoms with van der Waals surface area (Å²) in [6.07, 6.45) is 77.5. The first-order valence-corrected chi connectivity index (χ1v) is 27.2. The Balaban J connectivity index is 4.58. The van der Waals surface area contributed by atoms with Crippen LogP contribution in [-0.2, 0) is 28.6 Å². The molecule has 0 spiro atoms. The number of esters is 3. The lowest BCUT2D eigenvalue weighted by atomic mass is 10.0. The summed E-state index contributed by atoms with van der Waals surface area (Å²) in [5, 5.41) is 0. The Morgan fingerprint density at radius 3 is 0.971 bits per heavy atom. The van der Waals surface area contributed by atoms with E-state index < -0.39 is 12.1 Å². The van der Waals surface area contributed by atoms with Crippen LogP contribution in [0, 0.1) is 0 Å². The van der Waals surface area contributed by atoms with Gasteiger partial charge in [-0.3, -0.25) is 14.4 Å². The average molecular weight is 939 g/mol. The van der Waals surface area contributed by atoms with Gasteiger partial charge in [-0.05, 0) is 96.3 Å². The maximum atomic E-state index is 12.8. The summed E-state index contributed by atoms with van der Waals surface area (Å²) in [7, 11) is 0. The van der Waals surface area contributed by atoms with Gasteiger partial charge in [0.1, 0.15) is 13.2 Å². The summed E-state index contributed by atoms with van der Waals surface area (Å²) in [5.41, 5.74) is 0. The maximum absolute atomic E-state index is 12.8. The van der Waals surface area contributed by atoms with Crippen LogP contribution in [0.4, 0.5) is 0 Å². The Morgan fingerprint density at radius 1 is 0.324 bits per heavy atom. The van der Waals surface area contributed by atoms with Crippen LogP contribution in [0.3, 0.4) is 0 Å². The second-order valence-corrected chi connectivity index (χ2v) is 17.4. The van der Waals surface area contributed by atoms with Crippen molar-refractivity contribution >= 4 is 17.9 Å². The van der Waals surface area contributed by atoms with Crippen LogP contribution in [0.1, 0.15) is 220 Å². The number of allylic oxidation sites excluding steroid dienone is 21. The van der Waals surface area contributed by atoms with Crippen molar-refractivity contribution in [2.45, 2.75) is 226 Å². The second-order valence-electron chi connectivity index (χ2n) is 17.4. The molecule has 0 aliphatic rings. The van der Waals surface area contributed by atoms with Crippen LogP contribution >= 0.6 is 0 Å². The van der Waals surface area contributed by atoms with E-state index in [-0.39, 0.29) is 38.0 Å². The van der Waals surface area contributed by atoms with Gasteiger partial charge in [0.2, 0.25) is 0 Å². The van der Waals surface area contributed by atoms with E-state index >= 15 is 0 Å². The molecule has 1 unspecified atom stereocenters. The molecule has 1 atom stereocenters. The van der Waals surface area contributed by atoms with Crippen molar-refractivity contribution in [2.75, 3.05) is 13.2 Å². The van der Waals surface area contributed by atoms with E-state index in [9.17, 15) is 14.4 Å². The van der Waals surface area contributed by atoms with E-state index in [1.165, 1.54) is 70.6 Å². The number of carbonyl (C=O) groups is 3. The standard InChI is InChI=1S/C62H98O6/c1-4-7-10-13-16-19-22-25-28-29-30-31-32-33-35-37-40-43-46-49-52-55-61(64)67-58-59(57-66-60(63)54-51-48-45-42-39-36-27-24-21-18-15-12-9-6-3)68-62(65)56-53-50-47-44-41-38-34-26-23-20-17-14-11-8-5-2/h7-8,10-11,16-17,19-20,25-26,28,30-31,33-35,40-41,43-44,50,53,59H,4-6,9,12-15,18,21-24,27,29,32,36-39,42,45-49,51-52,54-58H2,1-3H3/b10-7-,11-8-,19-16-,20-17-,28-25-,31-30-,34-26-,35-33-,43-40-,44-41-,53-50-. The fourth-order valence-corrected chi connectivity index (χ4v) is 6.93. The summed E-state index contributed by atoms with van der Waals surface area (Å²) < 4.78 is 16.7. The molecule has 0 saturated carbocycles. The van der Waals surface area contributed by atoms with Crippen LogP contribution in [0.5, 0.6) is 0 Å². The van der Waals surface area contributed by atoms with E-state index in [1.54, 1.807) is 6.08 Å². The van der Waals surface area contributed by atoms with Crippen LogP contribution in [0.2, 0.25) is 0 Å². The number of carbonyl (C=O) groups excluding carboxylic acids is 3. The number of hydrogen-bond donors (Lipinski definition) is 0. The third kappa shape index (κ3) is 52.5. The topological polar surface area (TPSA) is 78.9 Å². The first-order valence-electron chi connectivity index (χ1n) is 27.2. The molecule has 0 aliphatic carbocycles. The van der Waals surface area contributed by atoms with Crippen molar-refractivity contribution in [3.8, 4) is 0 Å². The quantitative estimate of drug-likeness (QED) is 0.0262. The van der Waals surface area contributed by atoms with Gasteiger partial charge in [0, 0.05) is 12.8 Å². The third-order valence-electron chi connectivity index (χ3n) is 10.9. The zero-order valence-electron chi connectivity index (χ0n) is 43.6. The van der Waals surface area contributed by atoms with Crippen molar-refractivity contribution in [3.63, 3.8) is 0 Å². The molecule has 0 N–H and O–H groups in total. The molecule has 0 fully saturated rings. The predicted molar refractivity (Wildman–Crippen MR) is 292 cm³/mol. The Hall–Kier alpha value is -4.45. The van der Waals surface area contributed by atoms with Gasteiger partial charge in [0.05, 0.1) is 6.42 Å². The summed E-state index contributed by atoms with van der Waals surface area (Å²) in [6, 6.07) is 0. The lowest BCUT2D eigenvalue weighted by molar-refractivity contribution is -0.166. The molecule has 0 aliphatic heterocycles. The summed E-state index contributed by atoms with van der Waals surface area (Å²) in [5.74, 6) is -1.12. The van der Waals surface area contributed by atoms with Gasteiger partial charge in [0.25, 0.3) is 0 Å². The highest BCUT2D eigenvalue weighted by Crippen LogP contribution is 2.14. The largest absolute Gasteiger partial charge is 0.462 e. The Bertz CT molecular complexity index is 1500. The lowest BCUT2D eigenvalue weighted by Crippen LogP contribution is -2.30. The number of ether oxygens (including phenoxy) is 3. The number of rotatable bonds is 47. The highest BCUT2D eigenvalue weighted by molar-refractivity contribution is 5.72. The van der Waals surface area contributed by atoms with Crippen molar-refractivity contribution < 1.29 is 28.6 Å². The molecule has 0 aromatic heterocycles. The molecule has 0 heterocycles. The average Bonchev–Trinajstić information content (AvgIpc) is 3.34. The molecule has 0 saturated heterocycles. The highest BCUT2D eigenvalue weighted by atomic mass is 16.6. The van der Waals surface area contributed by atoms with Crippen molar-refractivity contribution in [1.82, 2.24) is 0 Å². The van der Waals surface area contributed by atoms with Crippen LogP contribution in [-0.4, -0.2) is 37.2 Å². The number of unbranched alkanes of at least 4 members (excludes halogenated alkanes) is 15. The maximum Gasteiger partial charge on any atom is 0.310 e. The smallest absolute Gasteiger partial charge is 0.310 e. The van der Waals surface area contributed by atoms with E-state index in [1.807, 2.05) is 6.08 Å². The molecular formula is C62H98O6. The molecule has 0 radical (unpaired) electrons. The van der Waals surface area contributed by atoms with Crippen LogP contribution < -0.4 is 0 Å². The summed E-state index contributed by atoms with van der Waals surface area (Å²) >= 11 is 0. The summed E-state index contributed by atoms with van der Waals surface area (Å²) in [4.78, 5) is 38.0. The van der Waals surface area contributed by atoms with Gasteiger partial charge >= 0.3 is 17.9 Å². The first kappa shape index (κ1) is 63.5. The molecule has 0 rings (SSSR count). The molecular weight excluding hydrogens is 841 g/mol. The van der Waals surface area contributed by atoms with E-state index in [0.29, 0.717) is 19.3 Å². The van der Waals surface area contributed by atoms with Gasteiger partial charge in [0.15, 0.2) is 6.10 Å². The molecule has 6 heteroatoms. The SMILES string of the molecule is CC/C=C\C/C=C\C/C=C\C/C=C\C/C=C\C/C=C\CCCCC(=O)OCC(COC(=O)CCCCCCCCCCCCCCCC)OC(=O)C/C=C\C/C=C\C/C=C\C/C=C\C/C=C\CC. The molecule has 0 aromatic carbocycles. The minimum absolute atomic E-state index is 0.0829. The van der Waals surface area contributed by atoms with Crippen LogP contribution in [0.25, 0.3) is 0 Å². The Morgan fingerprint density at radius 2 is 0.618 bits per heavy atom. The van der Waals surface area contributed by atoms with E-state index in [2.05, 4.69) is 142 Å². The van der Waals surface area contributed by atoms with Gasteiger partial charge < -0.3 is 14.2 Å². The Kier molecular flexibility index (Phi) is 51.5. The van der Waals surface area contributed by atoms with Gasteiger partial charge in [-0.15, -0.1) is 0 Å². The minimum Gasteiger partial charge on any atom is -0.462 e. The molecule has 0 aromatic rings. The van der Waals surface area contributed by atoms with Crippen molar-refractivity contribution in [1.29, 1.82) is 0 Å². The predicted octanol–water partition coefficient (Wildman–Crippen LogP) is 18.3. The van der Waals surface area contributed by atoms with Gasteiger partial charge in [-0.1, -0.05) is 238 Å². The molecule has 6 nitrogen and oxygen atoms in total. The van der Waals surface area contributed by atoms with Crippen molar-refractivity contribution in [2.24, 2.45) is 0 Å². The summed E-state index contributed by atoms with van der Waals surface area (Å²) in [6.45, 7) is 6.28. The lowest BCUT2D eigenvalue weighted by Gasteiger charge is -2.18. The van der Waals surface area contributed by atoms with Gasteiger partial charge in [-0.25, -0.2) is 0 Å². The first-order chi connectivity index (χ1) is 33.5. The highest BCUT2D eigenvalue weighted by Gasteiger charge is 2.19. The van der Waals surface area contributed by atoms with Gasteiger partial charge in [-0.2, -0.15) is 0 Å². The second kappa shape index (κ2) is 55.1. The Labute approximate surface area is 417 Å². The normalized spacial score (nSPS) is 13.2. The van der Waals surface area contributed by atoms with Crippen LogP contribution in [0.15, 0.2) is 134 Å². The fraction of sp³-hybridized carbons (Fsp3) is 0.597. The van der Waals surface area contributed by atoms with E-state index in [4.69, 9.17) is 14.2 Å². The zero-order valence-corrected chi connectivity index (χ0v) is 43.6. The molecule has 382 valence electrons. The monoisotopic (exact) mass is 939 g/mol. The third-order valence-corrected chi connectivity index (χ3v) is 10.9. The fourth-order valence-electron chi connectivity index (χ4n) is 6.93. The molecule has 0 bridgehead atoms.